The third-order valence-electron chi connectivity index (χ3n) is 4.08. The maximum Gasteiger partial charge on any atom is 0.244 e. The first-order valence-electron chi connectivity index (χ1n) is 7.78. The number of pyridine rings is 1. The van der Waals surface area contributed by atoms with Crippen molar-refractivity contribution in [2.24, 2.45) is 5.92 Å². The van der Waals surface area contributed by atoms with Gasteiger partial charge in [-0.1, -0.05) is 20.3 Å². The molecule has 0 atom stereocenters. The molecular weight excluding hydrogens is 286 g/mol. The van der Waals surface area contributed by atoms with Crippen molar-refractivity contribution < 1.29 is 8.42 Å². The van der Waals surface area contributed by atoms with Gasteiger partial charge in [0.15, 0.2) is 0 Å². The second kappa shape index (κ2) is 7.22. The second-order valence-electron chi connectivity index (χ2n) is 5.56. The molecule has 1 N–H and O–H groups in total. The number of rotatable bonds is 6. The lowest BCUT2D eigenvalue weighted by Gasteiger charge is -2.30. The highest BCUT2D eigenvalue weighted by Gasteiger charge is 2.28. The summed E-state index contributed by atoms with van der Waals surface area (Å²) in [4.78, 5) is 4.48. The van der Waals surface area contributed by atoms with Gasteiger partial charge in [0.2, 0.25) is 10.0 Å². The third kappa shape index (κ3) is 3.95. The summed E-state index contributed by atoms with van der Waals surface area (Å²) in [6, 6.07) is 3.38. The second-order valence-corrected chi connectivity index (χ2v) is 7.50. The van der Waals surface area contributed by atoms with Gasteiger partial charge in [-0.15, -0.1) is 0 Å². The number of sulfonamides is 1. The largest absolute Gasteiger partial charge is 0.370 e. The molecule has 1 fully saturated rings. The summed E-state index contributed by atoms with van der Waals surface area (Å²) in [5.74, 6) is 1.38. The van der Waals surface area contributed by atoms with Crippen LogP contribution in [0.15, 0.2) is 23.2 Å². The van der Waals surface area contributed by atoms with Gasteiger partial charge in [0.05, 0.1) is 0 Å². The Labute approximate surface area is 127 Å². The molecule has 0 bridgehead atoms. The van der Waals surface area contributed by atoms with Crippen LogP contribution in [-0.4, -0.2) is 37.3 Å². The Balaban J connectivity index is 2.05. The zero-order valence-electron chi connectivity index (χ0n) is 12.9. The van der Waals surface area contributed by atoms with Crippen molar-refractivity contribution in [2.75, 3.05) is 25.0 Å². The van der Waals surface area contributed by atoms with Crippen molar-refractivity contribution in [1.82, 2.24) is 9.29 Å². The molecule has 21 heavy (non-hydrogen) atoms. The van der Waals surface area contributed by atoms with E-state index in [4.69, 9.17) is 0 Å². The average Bonchev–Trinajstić information content (AvgIpc) is 2.53. The van der Waals surface area contributed by atoms with Crippen molar-refractivity contribution in [3.05, 3.63) is 18.3 Å². The van der Waals surface area contributed by atoms with E-state index in [2.05, 4.69) is 24.1 Å². The summed E-state index contributed by atoms with van der Waals surface area (Å²) >= 11 is 0. The highest BCUT2D eigenvalue weighted by Crippen LogP contribution is 2.25. The van der Waals surface area contributed by atoms with Crippen LogP contribution in [-0.2, 0) is 10.0 Å². The van der Waals surface area contributed by atoms with E-state index < -0.39 is 10.0 Å². The lowest BCUT2D eigenvalue weighted by molar-refractivity contribution is 0.269. The van der Waals surface area contributed by atoms with Crippen LogP contribution in [0.4, 0.5) is 5.82 Å². The minimum Gasteiger partial charge on any atom is -0.370 e. The Morgan fingerprint density at radius 1 is 1.29 bits per heavy atom. The monoisotopic (exact) mass is 311 g/mol. The molecule has 0 spiro atoms. The van der Waals surface area contributed by atoms with Crippen LogP contribution in [0.25, 0.3) is 0 Å². The van der Waals surface area contributed by atoms with Crippen molar-refractivity contribution >= 4 is 15.8 Å². The quantitative estimate of drug-likeness (QED) is 0.877. The number of aromatic nitrogens is 1. The number of nitrogens with zero attached hydrogens (tertiary/aromatic N) is 2. The minimum atomic E-state index is -3.39. The summed E-state index contributed by atoms with van der Waals surface area (Å²) in [7, 11) is -3.39. The normalized spacial score (nSPS) is 17.8. The molecule has 0 saturated carbocycles. The van der Waals surface area contributed by atoms with E-state index in [0.29, 0.717) is 23.9 Å². The fraction of sp³-hybridized carbons (Fsp3) is 0.667. The number of nitrogens with one attached hydrogen (secondary N) is 1. The predicted octanol–water partition coefficient (Wildman–Crippen LogP) is 2.71. The summed E-state index contributed by atoms with van der Waals surface area (Å²) < 4.78 is 26.7. The minimum absolute atomic E-state index is 0.291. The van der Waals surface area contributed by atoms with Crippen LogP contribution >= 0.6 is 0 Å². The van der Waals surface area contributed by atoms with Gasteiger partial charge in [-0.3, -0.25) is 0 Å². The molecular formula is C15H25N3O2S. The number of hydrogen-bond donors (Lipinski definition) is 1. The summed E-state index contributed by atoms with van der Waals surface area (Å²) in [6.45, 7) is 6.32. The lowest BCUT2D eigenvalue weighted by Crippen LogP contribution is -2.38. The molecule has 5 nitrogen and oxygen atoms in total. The topological polar surface area (TPSA) is 62.3 Å². The Kier molecular flexibility index (Phi) is 5.58. The Morgan fingerprint density at radius 3 is 2.52 bits per heavy atom. The van der Waals surface area contributed by atoms with E-state index in [1.54, 1.807) is 16.4 Å². The predicted molar refractivity (Wildman–Crippen MR) is 84.8 cm³/mol. The summed E-state index contributed by atoms with van der Waals surface area (Å²) in [5, 5.41) is 3.15. The molecule has 0 radical (unpaired) electrons. The average molecular weight is 311 g/mol. The van der Waals surface area contributed by atoms with Gasteiger partial charge < -0.3 is 5.32 Å². The first-order valence-corrected chi connectivity index (χ1v) is 9.22. The molecule has 1 aromatic heterocycles. The molecule has 2 heterocycles. The highest BCUT2D eigenvalue weighted by atomic mass is 32.2. The zero-order valence-corrected chi connectivity index (χ0v) is 13.7. The van der Waals surface area contributed by atoms with Crippen LogP contribution < -0.4 is 5.32 Å². The first-order chi connectivity index (χ1) is 10.1. The standard InChI is InChI=1S/C15H25N3O2S/c1-3-9-16-15-6-5-14(12-17-15)21(19,20)18-10-7-13(4-2)8-11-18/h5-6,12-13H,3-4,7-11H2,1-2H3,(H,16,17). The molecule has 6 heteroatoms. The van der Waals surface area contributed by atoms with Crippen molar-refractivity contribution in [3.8, 4) is 0 Å². The molecule has 0 aromatic carbocycles. The molecule has 0 unspecified atom stereocenters. The van der Waals surface area contributed by atoms with E-state index in [1.165, 1.54) is 6.20 Å². The molecule has 0 aliphatic carbocycles. The number of piperidine rings is 1. The van der Waals surface area contributed by atoms with E-state index >= 15 is 0 Å². The number of hydrogen-bond acceptors (Lipinski definition) is 4. The Morgan fingerprint density at radius 2 is 2.00 bits per heavy atom. The van der Waals surface area contributed by atoms with Crippen molar-refractivity contribution in [2.45, 2.75) is 44.4 Å². The van der Waals surface area contributed by atoms with Crippen LogP contribution in [0, 0.1) is 5.92 Å². The molecule has 0 amide bonds. The van der Waals surface area contributed by atoms with E-state index in [-0.39, 0.29) is 0 Å². The smallest absolute Gasteiger partial charge is 0.244 e. The van der Waals surface area contributed by atoms with Crippen LogP contribution in [0.2, 0.25) is 0 Å². The van der Waals surface area contributed by atoms with Gasteiger partial charge in [0, 0.05) is 25.8 Å². The van der Waals surface area contributed by atoms with Gasteiger partial charge in [-0.2, -0.15) is 4.31 Å². The van der Waals surface area contributed by atoms with Gasteiger partial charge in [0.25, 0.3) is 0 Å². The lowest BCUT2D eigenvalue weighted by atomic mass is 9.96. The van der Waals surface area contributed by atoms with Crippen LogP contribution in [0.3, 0.4) is 0 Å². The van der Waals surface area contributed by atoms with E-state index in [0.717, 1.165) is 38.0 Å². The maximum absolute atomic E-state index is 12.6. The van der Waals surface area contributed by atoms with E-state index in [9.17, 15) is 8.42 Å². The number of anilines is 1. The zero-order chi connectivity index (χ0) is 15.3. The SMILES string of the molecule is CCCNc1ccc(S(=O)(=O)N2CCC(CC)CC2)cn1. The fourth-order valence-corrected chi connectivity index (χ4v) is 4.01. The fourth-order valence-electron chi connectivity index (χ4n) is 2.60. The molecule has 118 valence electrons. The van der Waals surface area contributed by atoms with Crippen LogP contribution in [0.5, 0.6) is 0 Å². The van der Waals surface area contributed by atoms with Gasteiger partial charge in [0.1, 0.15) is 10.7 Å². The van der Waals surface area contributed by atoms with Crippen molar-refractivity contribution in [3.63, 3.8) is 0 Å². The highest BCUT2D eigenvalue weighted by molar-refractivity contribution is 7.89. The molecule has 1 aromatic rings. The summed E-state index contributed by atoms with van der Waals surface area (Å²) in [6.07, 6.45) is 5.51. The molecule has 1 aliphatic heterocycles. The third-order valence-corrected chi connectivity index (χ3v) is 5.96. The van der Waals surface area contributed by atoms with Gasteiger partial charge in [-0.25, -0.2) is 13.4 Å². The Hall–Kier alpha value is -1.14. The summed E-state index contributed by atoms with van der Waals surface area (Å²) in [5.41, 5.74) is 0. The van der Waals surface area contributed by atoms with E-state index in [1.807, 2.05) is 0 Å². The maximum atomic E-state index is 12.6. The van der Waals surface area contributed by atoms with Gasteiger partial charge in [-0.05, 0) is 37.3 Å². The first kappa shape index (κ1) is 16.2. The molecule has 1 aliphatic rings. The van der Waals surface area contributed by atoms with Crippen molar-refractivity contribution in [1.29, 1.82) is 0 Å². The molecule has 2 rings (SSSR count). The van der Waals surface area contributed by atoms with Gasteiger partial charge >= 0.3 is 0 Å². The Bertz CT molecular complexity index is 535. The van der Waals surface area contributed by atoms with Crippen LogP contribution in [0.1, 0.15) is 39.5 Å². The molecule has 1 saturated heterocycles.